The van der Waals surface area contributed by atoms with Crippen LogP contribution in [-0.2, 0) is 4.79 Å². The third-order valence-electron chi connectivity index (χ3n) is 5.54. The maximum atomic E-state index is 12.0. The van der Waals surface area contributed by atoms with Crippen molar-refractivity contribution in [2.45, 2.75) is 43.4 Å². The number of nitrogens with zero attached hydrogens (tertiary/aromatic N) is 3. The van der Waals surface area contributed by atoms with Crippen molar-refractivity contribution in [2.24, 2.45) is 0 Å². The van der Waals surface area contributed by atoms with Crippen molar-refractivity contribution in [1.82, 2.24) is 9.80 Å². The average Bonchev–Trinajstić information content (AvgIpc) is 2.88. The molecule has 1 amide bonds. The van der Waals surface area contributed by atoms with E-state index in [1.807, 2.05) is 0 Å². The number of piperazine rings is 1. The van der Waals surface area contributed by atoms with E-state index >= 15 is 0 Å². The van der Waals surface area contributed by atoms with Crippen molar-refractivity contribution in [3.63, 3.8) is 0 Å². The molecule has 2 aliphatic heterocycles. The number of amides is 1. The molecule has 1 aromatic rings. The van der Waals surface area contributed by atoms with Gasteiger partial charge < -0.3 is 9.80 Å². The molecule has 0 spiro atoms. The van der Waals surface area contributed by atoms with Gasteiger partial charge in [0.2, 0.25) is 5.91 Å². The largest absolute Gasteiger partial charge is 0.368 e. The minimum Gasteiger partial charge on any atom is -0.368 e. The molecule has 2 heterocycles. The molecule has 6 heteroatoms. The first kappa shape index (κ1) is 19.9. The number of benzene rings is 1. The van der Waals surface area contributed by atoms with Crippen LogP contribution in [0.25, 0.3) is 0 Å². The summed E-state index contributed by atoms with van der Waals surface area (Å²) in [4.78, 5) is 20.1. The number of thioether (sulfide) groups is 1. The zero-order valence-corrected chi connectivity index (χ0v) is 17.9. The lowest BCUT2D eigenvalue weighted by Gasteiger charge is -2.37. The Hall–Kier alpha value is -0.850. The van der Waals surface area contributed by atoms with Gasteiger partial charge in [0, 0.05) is 37.6 Å². The molecular weight excluding hydrogens is 362 g/mol. The van der Waals surface area contributed by atoms with Gasteiger partial charge in [-0.25, -0.2) is 0 Å². The van der Waals surface area contributed by atoms with Gasteiger partial charge in [0.1, 0.15) is 0 Å². The highest BCUT2D eigenvalue weighted by Crippen LogP contribution is 2.35. The first-order chi connectivity index (χ1) is 12.4. The molecule has 3 rings (SSSR count). The van der Waals surface area contributed by atoms with E-state index in [0.29, 0.717) is 11.7 Å². The number of hydrogen-bond acceptors (Lipinski definition) is 5. The molecule has 0 atom stereocenters. The Morgan fingerprint density at radius 2 is 1.81 bits per heavy atom. The summed E-state index contributed by atoms with van der Waals surface area (Å²) in [5, 5.41) is 0. The molecule has 0 aliphatic carbocycles. The zero-order valence-electron chi connectivity index (χ0n) is 16.2. The van der Waals surface area contributed by atoms with Crippen molar-refractivity contribution >= 4 is 36.0 Å². The van der Waals surface area contributed by atoms with Crippen LogP contribution in [0, 0.1) is 6.92 Å². The van der Waals surface area contributed by atoms with Crippen molar-refractivity contribution < 1.29 is 4.79 Å². The summed E-state index contributed by atoms with van der Waals surface area (Å²) < 4.78 is 0. The van der Waals surface area contributed by atoms with Gasteiger partial charge in [0.15, 0.2) is 0 Å². The third-order valence-corrected chi connectivity index (χ3v) is 7.44. The van der Waals surface area contributed by atoms with Crippen LogP contribution in [0.15, 0.2) is 23.1 Å². The van der Waals surface area contributed by atoms with Gasteiger partial charge in [-0.3, -0.25) is 9.69 Å². The lowest BCUT2D eigenvalue weighted by Crippen LogP contribution is -2.47. The van der Waals surface area contributed by atoms with Crippen molar-refractivity contribution in [3.05, 3.63) is 23.8 Å². The summed E-state index contributed by atoms with van der Waals surface area (Å²) >= 11 is 6.44. The smallest absolute Gasteiger partial charge is 0.233 e. The van der Waals surface area contributed by atoms with Crippen LogP contribution in [0.4, 0.5) is 5.69 Å². The first-order valence-electron chi connectivity index (χ1n) is 9.59. The van der Waals surface area contributed by atoms with E-state index < -0.39 is 0 Å². The Labute approximate surface area is 167 Å². The fourth-order valence-electron chi connectivity index (χ4n) is 3.80. The third kappa shape index (κ3) is 4.52. The quantitative estimate of drug-likeness (QED) is 0.591. The molecule has 0 bridgehead atoms. The van der Waals surface area contributed by atoms with E-state index in [0.717, 1.165) is 57.0 Å². The van der Waals surface area contributed by atoms with E-state index in [4.69, 9.17) is 0 Å². The molecule has 2 fully saturated rings. The number of anilines is 1. The molecule has 0 saturated carbocycles. The number of thiol groups is 1. The molecule has 0 unspecified atom stereocenters. The van der Waals surface area contributed by atoms with Gasteiger partial charge in [-0.1, -0.05) is 12.1 Å². The number of carbonyl (C=O) groups is 1. The molecule has 26 heavy (non-hydrogen) atoms. The first-order valence-corrected chi connectivity index (χ1v) is 11.0. The normalized spacial score (nSPS) is 20.8. The Kier molecular flexibility index (Phi) is 6.46. The highest BCUT2D eigenvalue weighted by atomic mass is 32.2. The van der Waals surface area contributed by atoms with E-state index in [9.17, 15) is 4.79 Å². The summed E-state index contributed by atoms with van der Waals surface area (Å²) in [6, 6.07) is 6.42. The summed E-state index contributed by atoms with van der Waals surface area (Å²) in [5.41, 5.74) is 2.51. The number of hydrogen-bond donors (Lipinski definition) is 1. The highest BCUT2D eigenvalue weighted by Gasteiger charge is 2.37. The van der Waals surface area contributed by atoms with E-state index in [1.54, 1.807) is 11.8 Å². The van der Waals surface area contributed by atoms with Gasteiger partial charge >= 0.3 is 0 Å². The van der Waals surface area contributed by atoms with Crippen LogP contribution in [0.1, 0.15) is 32.3 Å². The second-order valence-corrected chi connectivity index (χ2v) is 9.78. The van der Waals surface area contributed by atoms with Crippen LogP contribution in [0.5, 0.6) is 0 Å². The second-order valence-electron chi connectivity index (χ2n) is 7.76. The fraction of sp³-hybridized carbons (Fsp3) is 0.650. The summed E-state index contributed by atoms with van der Waals surface area (Å²) in [7, 11) is 0. The van der Waals surface area contributed by atoms with Crippen LogP contribution >= 0.6 is 24.4 Å². The van der Waals surface area contributed by atoms with Gasteiger partial charge in [0.25, 0.3) is 0 Å². The lowest BCUT2D eigenvalue weighted by atomic mass is 10.1. The standard InChI is InChI=1S/C20H31N3OS2/c1-16-7-6-8-17(19(16)25)22-13-11-21(12-14-22)9-4-5-10-23-18(24)15-26-20(23,2)3/h6-8,25H,4-5,9-15H2,1-3H3. The Bertz CT molecular complexity index is 642. The van der Waals surface area contributed by atoms with Gasteiger partial charge in [-0.05, 0) is 51.8 Å². The molecule has 1 aromatic carbocycles. The highest BCUT2D eigenvalue weighted by molar-refractivity contribution is 8.01. The van der Waals surface area contributed by atoms with Gasteiger partial charge in [0.05, 0.1) is 16.3 Å². The minimum absolute atomic E-state index is 0.0267. The van der Waals surface area contributed by atoms with Crippen molar-refractivity contribution in [2.75, 3.05) is 49.9 Å². The number of carbonyl (C=O) groups excluding carboxylic acids is 1. The predicted molar refractivity (Wildman–Crippen MR) is 115 cm³/mol. The van der Waals surface area contributed by atoms with E-state index in [2.05, 4.69) is 66.3 Å². The number of rotatable bonds is 6. The molecule has 0 N–H and O–H groups in total. The Balaban J connectivity index is 1.39. The summed E-state index contributed by atoms with van der Waals surface area (Å²) in [6.45, 7) is 12.8. The molecular formula is C20H31N3OS2. The summed E-state index contributed by atoms with van der Waals surface area (Å²) in [6.07, 6.45) is 2.25. The molecule has 2 aliphatic rings. The SMILES string of the molecule is Cc1cccc(N2CCN(CCCCN3C(=O)CSC3(C)C)CC2)c1S. The molecule has 0 radical (unpaired) electrons. The number of aryl methyl sites for hydroxylation is 1. The number of unbranched alkanes of at least 4 members (excludes halogenated alkanes) is 1. The van der Waals surface area contributed by atoms with Crippen LogP contribution in [0.3, 0.4) is 0 Å². The maximum Gasteiger partial charge on any atom is 0.233 e. The molecule has 2 saturated heterocycles. The molecule has 0 aromatic heterocycles. The predicted octanol–water partition coefficient (Wildman–Crippen LogP) is 3.50. The van der Waals surface area contributed by atoms with Gasteiger partial charge in [-0.2, -0.15) is 0 Å². The van der Waals surface area contributed by atoms with E-state index in [1.165, 1.54) is 11.3 Å². The average molecular weight is 394 g/mol. The van der Waals surface area contributed by atoms with Crippen LogP contribution in [-0.4, -0.2) is 65.6 Å². The Morgan fingerprint density at radius 3 is 2.46 bits per heavy atom. The Morgan fingerprint density at radius 1 is 1.12 bits per heavy atom. The summed E-state index contributed by atoms with van der Waals surface area (Å²) in [5.74, 6) is 0.940. The maximum absolute atomic E-state index is 12.0. The minimum atomic E-state index is -0.0267. The zero-order chi connectivity index (χ0) is 18.7. The monoisotopic (exact) mass is 393 g/mol. The second kappa shape index (κ2) is 8.44. The fourth-order valence-corrected chi connectivity index (χ4v) is 5.08. The van der Waals surface area contributed by atoms with Crippen LogP contribution in [0.2, 0.25) is 0 Å². The van der Waals surface area contributed by atoms with Gasteiger partial charge in [-0.15, -0.1) is 24.4 Å². The molecule has 4 nitrogen and oxygen atoms in total. The molecule has 144 valence electrons. The van der Waals surface area contributed by atoms with Crippen LogP contribution < -0.4 is 4.90 Å². The lowest BCUT2D eigenvalue weighted by molar-refractivity contribution is -0.129. The van der Waals surface area contributed by atoms with Crippen molar-refractivity contribution in [1.29, 1.82) is 0 Å². The van der Waals surface area contributed by atoms with Crippen molar-refractivity contribution in [3.8, 4) is 0 Å². The van der Waals surface area contributed by atoms with E-state index in [-0.39, 0.29) is 4.87 Å². The topological polar surface area (TPSA) is 26.8 Å².